The van der Waals surface area contributed by atoms with Crippen LogP contribution in [0.2, 0.25) is 0 Å². The molecule has 0 saturated heterocycles. The average molecular weight is 439 g/mol. The fraction of sp³-hybridized carbons (Fsp3) is 0.111. The third kappa shape index (κ3) is 4.01. The van der Waals surface area contributed by atoms with Gasteiger partial charge in [0.05, 0.1) is 23.9 Å². The van der Waals surface area contributed by atoms with E-state index in [2.05, 4.69) is 25.0 Å². The molecule has 0 spiro atoms. The van der Waals surface area contributed by atoms with Crippen molar-refractivity contribution in [3.8, 4) is 40.1 Å². The Morgan fingerprint density at radius 1 is 0.968 bits per heavy atom. The molecule has 0 amide bonds. The Morgan fingerprint density at radius 2 is 1.71 bits per heavy atom. The lowest BCUT2D eigenvalue weighted by atomic mass is 10.1. The smallest absolute Gasteiger partial charge is 0.494 e. The van der Waals surface area contributed by atoms with E-state index in [9.17, 15) is 22.0 Å². The van der Waals surface area contributed by atoms with Crippen LogP contribution < -0.4 is 9.47 Å². The number of alkyl halides is 3. The lowest BCUT2D eigenvalue weighted by Gasteiger charge is -2.12. The Hall–Kier alpha value is -4.03. The molecule has 0 N–H and O–H groups in total. The van der Waals surface area contributed by atoms with Crippen LogP contribution in [0.3, 0.4) is 0 Å². The fourth-order valence-electron chi connectivity index (χ4n) is 2.71. The molecular formula is C18H10F5N5O3. The Bertz CT molecular complexity index is 1220. The number of hydrogen-bond donors (Lipinski definition) is 0. The molecule has 2 aromatic carbocycles. The van der Waals surface area contributed by atoms with E-state index < -0.39 is 29.6 Å². The third-order valence-corrected chi connectivity index (χ3v) is 4.02. The molecule has 0 atom stereocenters. The van der Waals surface area contributed by atoms with Gasteiger partial charge in [0, 0.05) is 0 Å². The van der Waals surface area contributed by atoms with E-state index in [-0.39, 0.29) is 28.5 Å². The zero-order valence-electron chi connectivity index (χ0n) is 15.4. The number of halogens is 5. The largest absolute Gasteiger partial charge is 0.573 e. The van der Waals surface area contributed by atoms with Gasteiger partial charge in [0.25, 0.3) is 5.89 Å². The predicted octanol–water partition coefficient (Wildman–Crippen LogP) is 4.17. The summed E-state index contributed by atoms with van der Waals surface area (Å²) in [5.74, 6) is -4.13. The van der Waals surface area contributed by atoms with Crippen LogP contribution in [-0.4, -0.2) is 38.4 Å². The molecule has 2 heterocycles. The highest BCUT2D eigenvalue weighted by Gasteiger charge is 2.32. The molecule has 2 aromatic heterocycles. The van der Waals surface area contributed by atoms with Gasteiger partial charge in [-0.15, -0.1) is 23.4 Å². The standard InChI is InChI=1S/C18H10F5N5O3/c1-29-13-5-3-10(14(19)15(13)20)16-26-27-17(30-16)11-6-9(31-18(21,22)23)2-4-12(11)28-8-24-7-25-28/h2-8H,1H3. The summed E-state index contributed by atoms with van der Waals surface area (Å²) in [6.07, 6.45) is -2.44. The minimum atomic E-state index is -4.93. The molecule has 0 aliphatic heterocycles. The fourth-order valence-corrected chi connectivity index (χ4v) is 2.71. The number of ether oxygens (including phenoxy) is 2. The summed E-state index contributed by atoms with van der Waals surface area (Å²) in [6, 6.07) is 5.64. The third-order valence-electron chi connectivity index (χ3n) is 4.02. The van der Waals surface area contributed by atoms with Gasteiger partial charge in [-0.2, -0.15) is 9.49 Å². The summed E-state index contributed by atoms with van der Waals surface area (Å²) in [7, 11) is 1.17. The molecule has 0 radical (unpaired) electrons. The quantitative estimate of drug-likeness (QED) is 0.432. The van der Waals surface area contributed by atoms with Gasteiger partial charge in [0.15, 0.2) is 11.6 Å². The zero-order chi connectivity index (χ0) is 22.2. The van der Waals surface area contributed by atoms with E-state index in [0.29, 0.717) is 0 Å². The van der Waals surface area contributed by atoms with Gasteiger partial charge in [-0.3, -0.25) is 0 Å². The van der Waals surface area contributed by atoms with Crippen molar-refractivity contribution in [1.29, 1.82) is 0 Å². The van der Waals surface area contributed by atoms with Gasteiger partial charge < -0.3 is 13.9 Å². The highest BCUT2D eigenvalue weighted by Crippen LogP contribution is 2.35. The van der Waals surface area contributed by atoms with E-state index >= 15 is 0 Å². The van der Waals surface area contributed by atoms with Crippen LogP contribution in [0.4, 0.5) is 22.0 Å². The summed E-state index contributed by atoms with van der Waals surface area (Å²) in [4.78, 5) is 3.78. The first-order valence-electron chi connectivity index (χ1n) is 8.38. The first-order valence-corrected chi connectivity index (χ1v) is 8.38. The van der Waals surface area contributed by atoms with Crippen molar-refractivity contribution in [3.63, 3.8) is 0 Å². The lowest BCUT2D eigenvalue weighted by Crippen LogP contribution is -2.17. The second-order valence-electron chi connectivity index (χ2n) is 5.92. The Balaban J connectivity index is 1.80. The summed E-state index contributed by atoms with van der Waals surface area (Å²) in [5, 5.41) is 11.3. The van der Waals surface area contributed by atoms with E-state index in [1.54, 1.807) is 0 Å². The van der Waals surface area contributed by atoms with Crippen LogP contribution in [0.5, 0.6) is 11.5 Å². The van der Waals surface area contributed by atoms with Gasteiger partial charge in [-0.05, 0) is 30.3 Å². The first-order chi connectivity index (χ1) is 14.8. The minimum Gasteiger partial charge on any atom is -0.494 e. The molecule has 0 aliphatic carbocycles. The maximum atomic E-state index is 14.3. The molecule has 0 aliphatic rings. The number of aromatic nitrogens is 5. The van der Waals surface area contributed by atoms with Crippen LogP contribution >= 0.6 is 0 Å². The van der Waals surface area contributed by atoms with Crippen molar-refractivity contribution in [2.75, 3.05) is 7.11 Å². The SMILES string of the molecule is COc1ccc(-c2nnc(-c3cc(OC(F)(F)F)ccc3-n3cncn3)o2)c(F)c1F. The Morgan fingerprint density at radius 3 is 2.35 bits per heavy atom. The van der Waals surface area contributed by atoms with Crippen molar-refractivity contribution in [2.45, 2.75) is 6.36 Å². The maximum Gasteiger partial charge on any atom is 0.573 e. The van der Waals surface area contributed by atoms with E-state index in [4.69, 9.17) is 9.15 Å². The van der Waals surface area contributed by atoms with Crippen molar-refractivity contribution in [3.05, 3.63) is 54.6 Å². The molecule has 4 aromatic rings. The van der Waals surface area contributed by atoms with Gasteiger partial charge in [-0.1, -0.05) is 0 Å². The van der Waals surface area contributed by atoms with Crippen LogP contribution in [-0.2, 0) is 0 Å². The second-order valence-corrected chi connectivity index (χ2v) is 5.92. The maximum absolute atomic E-state index is 14.3. The van der Waals surface area contributed by atoms with E-state index in [1.165, 1.54) is 30.5 Å². The number of benzene rings is 2. The highest BCUT2D eigenvalue weighted by molar-refractivity contribution is 5.69. The molecule has 8 nitrogen and oxygen atoms in total. The highest BCUT2D eigenvalue weighted by atomic mass is 19.4. The minimum absolute atomic E-state index is 0.0135. The lowest BCUT2D eigenvalue weighted by molar-refractivity contribution is -0.274. The molecule has 0 unspecified atom stereocenters. The molecule has 13 heteroatoms. The summed E-state index contributed by atoms with van der Waals surface area (Å²) >= 11 is 0. The van der Waals surface area contributed by atoms with Crippen molar-refractivity contribution in [2.24, 2.45) is 0 Å². The summed E-state index contributed by atoms with van der Waals surface area (Å²) in [5.41, 5.74) is -0.147. The van der Waals surface area contributed by atoms with Gasteiger partial charge >= 0.3 is 6.36 Å². The summed E-state index contributed by atoms with van der Waals surface area (Å²) < 4.78 is 81.5. The average Bonchev–Trinajstić information content (AvgIpc) is 3.41. The molecule has 31 heavy (non-hydrogen) atoms. The van der Waals surface area contributed by atoms with E-state index in [0.717, 1.165) is 24.3 Å². The van der Waals surface area contributed by atoms with Gasteiger partial charge in [0.2, 0.25) is 11.7 Å². The Kier molecular flexibility index (Phi) is 5.01. The normalized spacial score (nSPS) is 11.5. The van der Waals surface area contributed by atoms with Crippen molar-refractivity contribution in [1.82, 2.24) is 25.0 Å². The van der Waals surface area contributed by atoms with Gasteiger partial charge in [-0.25, -0.2) is 14.1 Å². The number of nitrogens with zero attached hydrogens (tertiary/aromatic N) is 5. The number of methoxy groups -OCH3 is 1. The molecule has 4 rings (SSSR count). The summed E-state index contributed by atoms with van der Waals surface area (Å²) in [6.45, 7) is 0. The van der Waals surface area contributed by atoms with Crippen LogP contribution in [0.25, 0.3) is 28.6 Å². The van der Waals surface area contributed by atoms with Gasteiger partial charge in [0.1, 0.15) is 18.4 Å². The second kappa shape index (κ2) is 7.66. The van der Waals surface area contributed by atoms with Crippen molar-refractivity contribution < 1.29 is 35.8 Å². The van der Waals surface area contributed by atoms with E-state index in [1.807, 2.05) is 0 Å². The van der Waals surface area contributed by atoms with Crippen LogP contribution in [0.1, 0.15) is 0 Å². The van der Waals surface area contributed by atoms with Crippen LogP contribution in [0, 0.1) is 11.6 Å². The molecular weight excluding hydrogens is 429 g/mol. The molecule has 0 fully saturated rings. The predicted molar refractivity (Wildman–Crippen MR) is 93.2 cm³/mol. The first kappa shape index (κ1) is 20.3. The number of hydrogen-bond acceptors (Lipinski definition) is 7. The zero-order valence-corrected chi connectivity index (χ0v) is 15.4. The molecule has 160 valence electrons. The monoisotopic (exact) mass is 439 g/mol. The van der Waals surface area contributed by atoms with Crippen molar-refractivity contribution >= 4 is 0 Å². The van der Waals surface area contributed by atoms with Crippen LogP contribution in [0.15, 0.2) is 47.4 Å². The number of rotatable bonds is 5. The molecule has 0 bridgehead atoms. The Labute approximate surface area is 169 Å². The molecule has 0 saturated carbocycles. The topological polar surface area (TPSA) is 88.1 Å².